The Morgan fingerprint density at radius 2 is 1.59 bits per heavy atom. The molecule has 19 nitrogen and oxygen atoms in total. The zero-order valence-electron chi connectivity index (χ0n) is 50.4. The van der Waals surface area contributed by atoms with Crippen LogP contribution >= 0.6 is 0 Å². The van der Waals surface area contributed by atoms with Crippen LogP contribution in [0.25, 0.3) is 0 Å². The minimum atomic E-state index is -2.11. The minimum Gasteiger partial charge on any atom is -0.459 e. The van der Waals surface area contributed by atoms with E-state index in [4.69, 9.17) is 28.4 Å². The van der Waals surface area contributed by atoms with E-state index in [2.05, 4.69) is 5.32 Å². The van der Waals surface area contributed by atoms with E-state index in [1.54, 1.807) is 68.4 Å². The van der Waals surface area contributed by atoms with Crippen LogP contribution < -0.4 is 5.32 Å². The van der Waals surface area contributed by atoms with E-state index in [0.29, 0.717) is 37.7 Å². The number of esters is 1. The maximum absolute atomic E-state index is 17.8. The van der Waals surface area contributed by atoms with Crippen molar-refractivity contribution in [3.8, 4) is 0 Å². The van der Waals surface area contributed by atoms with Gasteiger partial charge in [-0.25, -0.2) is 4.39 Å². The predicted molar refractivity (Wildman–Crippen MR) is 294 cm³/mol. The highest BCUT2D eigenvalue weighted by atomic mass is 19.1. The molecule has 7 aliphatic rings. The molecule has 3 saturated carbocycles. The van der Waals surface area contributed by atoms with Gasteiger partial charge in [0, 0.05) is 67.9 Å². The molecule has 3 heterocycles. The number of alkyl halides is 1. The molecule has 3 unspecified atom stereocenters. The summed E-state index contributed by atoms with van der Waals surface area (Å²) in [5, 5.41) is 87.9. The van der Waals surface area contributed by atoms with Gasteiger partial charge in [0.2, 0.25) is 0 Å². The number of hydrogen-bond acceptors (Lipinski definition) is 18. The van der Waals surface area contributed by atoms with E-state index >= 15 is 4.39 Å². The number of ether oxygens (including phenoxy) is 6. The Morgan fingerprint density at radius 1 is 0.912 bits per heavy atom. The van der Waals surface area contributed by atoms with Crippen molar-refractivity contribution in [2.75, 3.05) is 40.8 Å². The van der Waals surface area contributed by atoms with E-state index in [9.17, 15) is 50.1 Å². The van der Waals surface area contributed by atoms with Crippen LogP contribution in [0, 0.1) is 40.4 Å². The summed E-state index contributed by atoms with van der Waals surface area (Å²) in [5.41, 5.74) is -10.6. The summed E-state index contributed by atoms with van der Waals surface area (Å²) in [7, 11) is 5.20. The van der Waals surface area contributed by atoms with Gasteiger partial charge in [-0.2, -0.15) is 0 Å². The first-order valence-electron chi connectivity index (χ1n) is 29.7. The number of hydrogen-bond donors (Lipinski definition) is 8. The fourth-order valence-electron chi connectivity index (χ4n) is 16.1. The van der Waals surface area contributed by atoms with Crippen LogP contribution in [0.5, 0.6) is 0 Å². The number of carbonyl (C=O) groups is 3. The summed E-state index contributed by atoms with van der Waals surface area (Å²) in [6, 6.07) is -1.16. The second kappa shape index (κ2) is 24.1. The van der Waals surface area contributed by atoms with Gasteiger partial charge in [0.25, 0.3) is 5.91 Å². The Kier molecular flexibility index (Phi) is 19.6. The lowest BCUT2D eigenvalue weighted by atomic mass is 9.45. The molecule has 0 radical (unpaired) electrons. The third-order valence-electron chi connectivity index (χ3n) is 21.1. The second-order valence-corrected chi connectivity index (χ2v) is 27.0. The lowest BCUT2D eigenvalue weighted by Crippen LogP contribution is -2.69. The van der Waals surface area contributed by atoms with Gasteiger partial charge in [-0.05, 0) is 151 Å². The lowest BCUT2D eigenvalue weighted by Gasteiger charge is -2.62. The average molecular weight is 1140 g/mol. The first-order valence-corrected chi connectivity index (χ1v) is 29.7. The van der Waals surface area contributed by atoms with E-state index < -0.39 is 142 Å². The minimum absolute atomic E-state index is 0.0652. The van der Waals surface area contributed by atoms with Crippen LogP contribution in [0.3, 0.4) is 0 Å². The molecule has 3 saturated heterocycles. The van der Waals surface area contributed by atoms with Crippen molar-refractivity contribution in [3.63, 3.8) is 0 Å². The molecule has 458 valence electrons. The SMILES string of the molecule is CC[C@H]1OC(=O)[C@H](C)[C@@H](O[C@@H]2C[C@](C)(OC)[C@H](O)C(C)O2)[C@H](C)[C@@H](O[C@@H]2O[C@H](C)C[C@@H](N(C)C)[C@H]2O)[C@](C)(O)C[C@@H](C)CN(CCCNC(=O)[C@@]2(O)CCC3C4CCC5=CC(=O)C=C[C@]5(C)[C@@]4(F)[C@@H](O)C[C@@]32C)[C@H](C)[C@@H](O)[C@]1(C)O. The fourth-order valence-corrected chi connectivity index (χ4v) is 16.1. The Balaban J connectivity index is 1.15. The number of rotatable bonds is 12. The molecule has 6 fully saturated rings. The zero-order valence-corrected chi connectivity index (χ0v) is 50.4. The van der Waals surface area contributed by atoms with Crippen LogP contribution in [0.4, 0.5) is 4.39 Å². The topological polar surface area (TPSA) is 267 Å². The molecular formula is C60H100FN3O16. The third-order valence-corrected chi connectivity index (χ3v) is 21.1. The normalized spacial score (nSPS) is 49.9. The highest BCUT2D eigenvalue weighted by molar-refractivity contribution is 6.01. The van der Waals surface area contributed by atoms with Gasteiger partial charge in [0.15, 0.2) is 24.0 Å². The summed E-state index contributed by atoms with van der Waals surface area (Å²) in [4.78, 5) is 45.3. The molecule has 1 amide bonds. The molecular weight excluding hydrogens is 1040 g/mol. The van der Waals surface area contributed by atoms with Crippen molar-refractivity contribution >= 4 is 17.7 Å². The first kappa shape index (κ1) is 65.0. The van der Waals surface area contributed by atoms with Crippen molar-refractivity contribution < 1.29 is 82.9 Å². The molecule has 3 aliphatic heterocycles. The maximum Gasteiger partial charge on any atom is 0.311 e. The predicted octanol–water partition coefficient (Wildman–Crippen LogP) is 3.88. The molecule has 7 rings (SSSR count). The highest BCUT2D eigenvalue weighted by Gasteiger charge is 2.74. The maximum atomic E-state index is 17.8. The number of carbonyl (C=O) groups excluding carboxylic acids is 3. The standard InChI is InChI=1S/C60H100FN3O16/c1-16-44-58(12,73)48(68)36(6)64(25-17-24-62-53(71)59(74)23-21-40-41-19-18-38-27-39(65)20-22-54(38,8)60(41,61)43(66)29-55(40,59)9)31-32(2)28-56(10,72)50(80-52-46(67)42(63(13)14)26-33(3)76-52)34(4)47(35(5)51(70)78-44)79-45-30-57(11,75-15)49(69)37(7)77-45/h20,22,27,32-37,40-50,52,66-69,72-74H,16-19,21,23-26,28-31H2,1-15H3,(H,62,71)/t32-,33-,34+,35-,36-,37?,40?,41?,42-,43+,44-,45-,46-,47+,48-,49-,50-,52+,54+,55+,56-,57+,58-,59+,60+/m1/s1. The summed E-state index contributed by atoms with van der Waals surface area (Å²) in [6.45, 7) is 21.3. The number of aliphatic hydroxyl groups is 7. The van der Waals surface area contributed by atoms with Crippen LogP contribution in [-0.2, 0) is 42.8 Å². The van der Waals surface area contributed by atoms with Crippen molar-refractivity contribution in [2.24, 2.45) is 40.4 Å². The highest BCUT2D eigenvalue weighted by Crippen LogP contribution is 2.69. The molecule has 0 aromatic heterocycles. The Morgan fingerprint density at radius 3 is 2.23 bits per heavy atom. The van der Waals surface area contributed by atoms with Gasteiger partial charge in [-0.1, -0.05) is 39.3 Å². The van der Waals surface area contributed by atoms with Gasteiger partial charge in [0.1, 0.15) is 35.6 Å². The largest absolute Gasteiger partial charge is 0.459 e. The summed E-state index contributed by atoms with van der Waals surface area (Å²) in [5.74, 6) is -5.08. The third kappa shape index (κ3) is 11.7. The van der Waals surface area contributed by atoms with Crippen molar-refractivity contribution in [1.82, 2.24) is 15.1 Å². The number of likely N-dealkylation sites (N-methyl/N-ethyl adjacent to an activating group) is 1. The van der Waals surface area contributed by atoms with Crippen molar-refractivity contribution in [1.29, 1.82) is 0 Å². The molecule has 80 heavy (non-hydrogen) atoms. The number of cyclic esters (lactones) is 1. The van der Waals surface area contributed by atoms with Gasteiger partial charge in [-0.3, -0.25) is 19.3 Å². The summed E-state index contributed by atoms with van der Waals surface area (Å²) < 4.78 is 56.0. The van der Waals surface area contributed by atoms with Crippen molar-refractivity contribution in [2.45, 2.75) is 255 Å². The Labute approximate surface area is 474 Å². The van der Waals surface area contributed by atoms with E-state index in [-0.39, 0.29) is 75.6 Å². The summed E-state index contributed by atoms with van der Waals surface area (Å²) in [6.07, 6.45) is -5.49. The molecule has 0 aromatic carbocycles. The molecule has 20 heteroatoms. The molecule has 0 bridgehead atoms. The number of allylic oxidation sites excluding steroid dienone is 4. The van der Waals surface area contributed by atoms with E-state index in [0.717, 1.165) is 0 Å². The number of nitrogens with one attached hydrogen (secondary N) is 1. The first-order chi connectivity index (χ1) is 37.1. The lowest BCUT2D eigenvalue weighted by molar-refractivity contribution is -0.318. The smallest absolute Gasteiger partial charge is 0.311 e. The summed E-state index contributed by atoms with van der Waals surface area (Å²) >= 11 is 0. The number of aliphatic hydroxyl groups excluding tert-OH is 4. The van der Waals surface area contributed by atoms with Crippen LogP contribution in [0.15, 0.2) is 23.8 Å². The van der Waals surface area contributed by atoms with Gasteiger partial charge in [0.05, 0.1) is 47.6 Å². The van der Waals surface area contributed by atoms with Crippen LogP contribution in [0.2, 0.25) is 0 Å². The van der Waals surface area contributed by atoms with E-state index in [1.807, 2.05) is 37.7 Å². The van der Waals surface area contributed by atoms with E-state index in [1.165, 1.54) is 26.2 Å². The van der Waals surface area contributed by atoms with Gasteiger partial charge < -0.3 is 74.4 Å². The molecule has 25 atom stereocenters. The quantitative estimate of drug-likeness (QED) is 0.102. The molecule has 8 N–H and O–H groups in total. The molecule has 0 aromatic rings. The fraction of sp³-hybridized carbons (Fsp3) is 0.883. The average Bonchev–Trinajstić information content (AvgIpc) is 2.56. The number of ketones is 1. The second-order valence-electron chi connectivity index (χ2n) is 27.0. The number of methoxy groups -OCH3 is 1. The Bertz CT molecular complexity index is 2270. The van der Waals surface area contributed by atoms with Crippen LogP contribution in [0.1, 0.15) is 147 Å². The number of nitrogens with zero attached hydrogens (tertiary/aromatic N) is 2. The Hall–Kier alpha value is -2.54. The number of fused-ring (bicyclic) bond motifs is 5. The van der Waals surface area contributed by atoms with Gasteiger partial charge in [-0.15, -0.1) is 0 Å². The molecule has 4 aliphatic carbocycles. The monoisotopic (exact) mass is 1140 g/mol. The number of amides is 1. The molecule has 0 spiro atoms. The van der Waals surface area contributed by atoms with Crippen molar-refractivity contribution in [3.05, 3.63) is 23.8 Å². The van der Waals surface area contributed by atoms with Gasteiger partial charge >= 0.3 is 5.97 Å². The number of halogens is 1. The zero-order chi connectivity index (χ0) is 59.6. The van der Waals surface area contributed by atoms with Crippen LogP contribution in [-0.4, -0.2) is 212 Å².